The fraction of sp³-hybridized carbons (Fsp3) is 0.318. The number of benzene rings is 2. The van der Waals surface area contributed by atoms with Crippen LogP contribution in [0.1, 0.15) is 42.9 Å². The number of aromatic hydroxyl groups is 1. The van der Waals surface area contributed by atoms with Gasteiger partial charge in [-0.15, -0.1) is 0 Å². The number of anilines is 1. The van der Waals surface area contributed by atoms with Gasteiger partial charge in [-0.2, -0.15) is 13.2 Å². The van der Waals surface area contributed by atoms with E-state index in [9.17, 15) is 37.0 Å². The summed E-state index contributed by atoms with van der Waals surface area (Å²) in [5.41, 5.74) is -4.22. The van der Waals surface area contributed by atoms with Crippen LogP contribution in [-0.2, 0) is 0 Å². The first-order valence-corrected chi connectivity index (χ1v) is 9.86. The summed E-state index contributed by atoms with van der Waals surface area (Å²) < 4.78 is 70.7. The van der Waals surface area contributed by atoms with Gasteiger partial charge in [-0.1, -0.05) is 13.0 Å². The monoisotopic (exact) mass is 454 g/mol. The predicted molar refractivity (Wildman–Crippen MR) is 108 cm³/mol. The molecule has 0 fully saturated rings. The third-order valence-corrected chi connectivity index (χ3v) is 6.08. The smallest absolute Gasteiger partial charge is 0.419 e. The van der Waals surface area contributed by atoms with E-state index in [-0.39, 0.29) is 34.1 Å². The molecule has 2 aromatic carbocycles. The standard InChI is InChI=1S/C22H19F5N2O3/c1-2-10-9-21(32,22(25,26)27)20(12-3-5-14(24)19(31)17(10)12)28-15-7-6-13(23)18-11(15)4-8-16(30)29-18/h3-8,10,20,28,31-32H,2,9H2,1H3,(H,29,30)/t10-,20?,21-/m1/s1. The lowest BCUT2D eigenvalue weighted by Crippen LogP contribution is -2.55. The summed E-state index contributed by atoms with van der Waals surface area (Å²) in [6.45, 7) is 1.58. The first-order chi connectivity index (χ1) is 15.0. The maximum atomic E-state index is 14.2. The van der Waals surface area contributed by atoms with Crippen LogP contribution in [0.2, 0.25) is 0 Å². The minimum Gasteiger partial charge on any atom is -0.505 e. The molecule has 0 spiro atoms. The first kappa shape index (κ1) is 22.1. The Balaban J connectivity index is 1.95. The number of hydrogen-bond donors (Lipinski definition) is 4. The molecular formula is C22H19F5N2O3. The lowest BCUT2D eigenvalue weighted by molar-refractivity contribution is -0.272. The highest BCUT2D eigenvalue weighted by atomic mass is 19.4. The molecular weight excluding hydrogens is 435 g/mol. The summed E-state index contributed by atoms with van der Waals surface area (Å²) in [4.78, 5) is 13.9. The Morgan fingerprint density at radius 2 is 1.81 bits per heavy atom. The molecule has 1 aliphatic rings. The fourth-order valence-electron chi connectivity index (χ4n) is 4.45. The second-order valence-corrected chi connectivity index (χ2v) is 7.91. The zero-order valence-corrected chi connectivity index (χ0v) is 16.7. The molecule has 32 heavy (non-hydrogen) atoms. The van der Waals surface area contributed by atoms with Crippen LogP contribution in [0.4, 0.5) is 27.6 Å². The summed E-state index contributed by atoms with van der Waals surface area (Å²) in [5.74, 6) is -3.49. The Morgan fingerprint density at radius 1 is 1.12 bits per heavy atom. The number of pyridine rings is 1. The average Bonchev–Trinajstić information content (AvgIpc) is 2.73. The number of phenolic OH excluding ortho intramolecular Hbond substituents is 1. The van der Waals surface area contributed by atoms with Crippen molar-refractivity contribution in [1.82, 2.24) is 4.98 Å². The maximum Gasteiger partial charge on any atom is 0.419 e. The van der Waals surface area contributed by atoms with Crippen LogP contribution in [-0.4, -0.2) is 27.0 Å². The average molecular weight is 454 g/mol. The van der Waals surface area contributed by atoms with E-state index in [1.807, 2.05) is 0 Å². The predicted octanol–water partition coefficient (Wildman–Crippen LogP) is 4.86. The number of phenols is 1. The molecule has 0 radical (unpaired) electrons. The van der Waals surface area contributed by atoms with E-state index in [4.69, 9.17) is 0 Å². The zero-order valence-electron chi connectivity index (χ0n) is 16.7. The van der Waals surface area contributed by atoms with Crippen molar-refractivity contribution in [3.63, 3.8) is 0 Å². The highest BCUT2D eigenvalue weighted by Gasteiger charge is 2.62. The number of halogens is 5. The number of aromatic amines is 1. The van der Waals surface area contributed by atoms with Gasteiger partial charge < -0.3 is 20.5 Å². The van der Waals surface area contributed by atoms with Gasteiger partial charge in [0.2, 0.25) is 5.56 Å². The first-order valence-electron chi connectivity index (χ1n) is 9.86. The van der Waals surface area contributed by atoms with Crippen molar-refractivity contribution in [3.8, 4) is 5.75 Å². The van der Waals surface area contributed by atoms with Gasteiger partial charge in [-0.05, 0) is 48.6 Å². The van der Waals surface area contributed by atoms with Crippen LogP contribution in [0.5, 0.6) is 5.75 Å². The van der Waals surface area contributed by atoms with Gasteiger partial charge in [0.1, 0.15) is 5.82 Å². The maximum absolute atomic E-state index is 14.2. The second kappa shape index (κ2) is 7.47. The minimum absolute atomic E-state index is 0.00929. The molecule has 0 saturated heterocycles. The van der Waals surface area contributed by atoms with Crippen molar-refractivity contribution >= 4 is 16.6 Å². The molecule has 4 N–H and O–H groups in total. The van der Waals surface area contributed by atoms with E-state index in [1.54, 1.807) is 6.92 Å². The molecule has 1 heterocycles. The fourth-order valence-corrected chi connectivity index (χ4v) is 4.45. The normalized spacial score (nSPS) is 23.2. The lowest BCUT2D eigenvalue weighted by atomic mass is 9.69. The molecule has 170 valence electrons. The summed E-state index contributed by atoms with van der Waals surface area (Å²) >= 11 is 0. The highest BCUT2D eigenvalue weighted by Crippen LogP contribution is 2.55. The largest absolute Gasteiger partial charge is 0.505 e. The van der Waals surface area contributed by atoms with Crippen LogP contribution in [0.25, 0.3) is 10.9 Å². The summed E-state index contributed by atoms with van der Waals surface area (Å²) in [5, 5.41) is 23.9. The van der Waals surface area contributed by atoms with Gasteiger partial charge in [0.25, 0.3) is 0 Å². The number of aliphatic hydroxyl groups is 1. The zero-order chi connectivity index (χ0) is 23.4. The summed E-state index contributed by atoms with van der Waals surface area (Å²) in [7, 11) is 0. The van der Waals surface area contributed by atoms with E-state index in [2.05, 4.69) is 10.3 Å². The number of aromatic nitrogens is 1. The number of rotatable bonds is 3. The van der Waals surface area contributed by atoms with Crippen molar-refractivity contribution in [2.75, 3.05) is 5.32 Å². The van der Waals surface area contributed by atoms with Crippen LogP contribution < -0.4 is 10.9 Å². The molecule has 4 rings (SSSR count). The minimum atomic E-state index is -5.08. The number of fused-ring (bicyclic) bond motifs is 2. The molecule has 1 unspecified atom stereocenters. The van der Waals surface area contributed by atoms with E-state index in [0.717, 1.165) is 24.3 Å². The van der Waals surface area contributed by atoms with Gasteiger partial charge in [-0.25, -0.2) is 8.78 Å². The van der Waals surface area contributed by atoms with Crippen molar-refractivity contribution < 1.29 is 32.2 Å². The topological polar surface area (TPSA) is 85.4 Å². The third-order valence-electron chi connectivity index (χ3n) is 6.08. The number of nitrogens with one attached hydrogen (secondary N) is 2. The molecule has 3 atom stereocenters. The Hall–Kier alpha value is -3.14. The molecule has 0 bridgehead atoms. The number of alkyl halides is 3. The number of H-pyrrole nitrogens is 1. The molecule has 0 aliphatic heterocycles. The van der Waals surface area contributed by atoms with Crippen LogP contribution in [0, 0.1) is 11.6 Å². The van der Waals surface area contributed by atoms with Gasteiger partial charge in [0.05, 0.1) is 11.6 Å². The molecule has 5 nitrogen and oxygen atoms in total. The Bertz CT molecular complexity index is 1260. The number of hydrogen-bond acceptors (Lipinski definition) is 4. The molecule has 3 aromatic rings. The van der Waals surface area contributed by atoms with Crippen molar-refractivity contribution in [1.29, 1.82) is 0 Å². The van der Waals surface area contributed by atoms with E-state index in [0.29, 0.717) is 0 Å². The third kappa shape index (κ3) is 3.29. The lowest BCUT2D eigenvalue weighted by Gasteiger charge is -2.45. The highest BCUT2D eigenvalue weighted by molar-refractivity contribution is 5.91. The second-order valence-electron chi connectivity index (χ2n) is 7.91. The molecule has 1 aromatic heterocycles. The van der Waals surface area contributed by atoms with Crippen LogP contribution >= 0.6 is 0 Å². The van der Waals surface area contributed by atoms with E-state index >= 15 is 0 Å². The van der Waals surface area contributed by atoms with E-state index in [1.165, 1.54) is 12.1 Å². The summed E-state index contributed by atoms with van der Waals surface area (Å²) in [6, 6.07) is 4.56. The van der Waals surface area contributed by atoms with Crippen molar-refractivity contribution in [3.05, 3.63) is 69.5 Å². The Morgan fingerprint density at radius 3 is 2.47 bits per heavy atom. The molecule has 1 aliphatic carbocycles. The van der Waals surface area contributed by atoms with Gasteiger partial charge >= 0.3 is 6.18 Å². The van der Waals surface area contributed by atoms with E-state index < -0.39 is 53.1 Å². The van der Waals surface area contributed by atoms with Gasteiger partial charge in [-0.3, -0.25) is 4.79 Å². The molecule has 0 saturated carbocycles. The van der Waals surface area contributed by atoms with Crippen LogP contribution in [0.15, 0.2) is 41.2 Å². The molecule has 0 amide bonds. The van der Waals surface area contributed by atoms with Crippen molar-refractivity contribution in [2.45, 2.75) is 43.5 Å². The van der Waals surface area contributed by atoms with Crippen LogP contribution in [0.3, 0.4) is 0 Å². The van der Waals surface area contributed by atoms with Crippen molar-refractivity contribution in [2.24, 2.45) is 0 Å². The Labute approximate surface area is 178 Å². The molecule has 10 heteroatoms. The van der Waals surface area contributed by atoms with Gasteiger partial charge in [0.15, 0.2) is 17.2 Å². The quantitative estimate of drug-likeness (QED) is 0.426. The Kier molecular flexibility index (Phi) is 5.15. The van der Waals surface area contributed by atoms with Gasteiger partial charge in [0, 0.05) is 22.7 Å². The summed E-state index contributed by atoms with van der Waals surface area (Å²) in [6.07, 6.45) is -5.77. The SMILES string of the molecule is CC[C@@H]1C[C@](O)(C(F)(F)F)C(Nc2ccc(F)c3[nH]c(=O)ccc23)c2ccc(F)c(O)c21.